The molecule has 1 aromatic heterocycles. The molecule has 1 N–H and O–H groups in total. The van der Waals surface area contributed by atoms with Gasteiger partial charge in [-0.15, -0.1) is 0 Å². The van der Waals surface area contributed by atoms with Crippen molar-refractivity contribution in [3.05, 3.63) is 36.1 Å². The van der Waals surface area contributed by atoms with E-state index in [9.17, 15) is 9.59 Å². The molecule has 2 aromatic rings. The molecular weight excluding hydrogens is 322 g/mol. The van der Waals surface area contributed by atoms with Gasteiger partial charge < -0.3 is 14.6 Å². The highest BCUT2D eigenvalue weighted by atomic mass is 16.5. The number of hydrogen-bond donors (Lipinski definition) is 1. The Balaban J connectivity index is 1.89. The zero-order valence-corrected chi connectivity index (χ0v) is 14.9. The van der Waals surface area contributed by atoms with E-state index in [1.54, 1.807) is 37.3 Å². The highest BCUT2D eigenvalue weighted by molar-refractivity contribution is 5.94. The number of benzene rings is 1. The molecule has 7 nitrogen and oxygen atoms in total. The summed E-state index contributed by atoms with van der Waals surface area (Å²) in [5, 5.41) is 6.61. The number of nitrogens with zero attached hydrogens (tertiary/aromatic N) is 2. The molecule has 2 rings (SSSR count). The molecule has 0 atom stereocenters. The summed E-state index contributed by atoms with van der Waals surface area (Å²) in [5.74, 6) is 1.37. The van der Waals surface area contributed by atoms with Crippen molar-refractivity contribution in [2.75, 3.05) is 16.8 Å². The Morgan fingerprint density at radius 3 is 2.48 bits per heavy atom. The van der Waals surface area contributed by atoms with E-state index in [1.807, 2.05) is 13.8 Å². The molecule has 0 aliphatic heterocycles. The SMILES string of the molecule is CC(=O)N(CCC(=O)Nc1ccc(OC(C)C)cc1)c1cc(C)on1. The minimum absolute atomic E-state index is 0.0955. The summed E-state index contributed by atoms with van der Waals surface area (Å²) in [4.78, 5) is 25.3. The first-order valence-corrected chi connectivity index (χ1v) is 8.13. The minimum atomic E-state index is -0.198. The van der Waals surface area contributed by atoms with Gasteiger partial charge in [-0.1, -0.05) is 5.16 Å². The predicted octanol–water partition coefficient (Wildman–Crippen LogP) is 3.15. The van der Waals surface area contributed by atoms with Crippen LogP contribution in [-0.4, -0.2) is 29.6 Å². The minimum Gasteiger partial charge on any atom is -0.491 e. The number of aromatic nitrogens is 1. The lowest BCUT2D eigenvalue weighted by Gasteiger charge is -2.17. The molecule has 7 heteroatoms. The van der Waals surface area contributed by atoms with Crippen molar-refractivity contribution in [3.63, 3.8) is 0 Å². The maximum Gasteiger partial charge on any atom is 0.226 e. The largest absolute Gasteiger partial charge is 0.491 e. The lowest BCUT2D eigenvalue weighted by atomic mass is 10.2. The number of hydrogen-bond acceptors (Lipinski definition) is 5. The van der Waals surface area contributed by atoms with Gasteiger partial charge >= 0.3 is 0 Å². The van der Waals surface area contributed by atoms with Crippen LogP contribution in [0.25, 0.3) is 0 Å². The maximum atomic E-state index is 12.1. The maximum absolute atomic E-state index is 12.1. The molecule has 1 heterocycles. The van der Waals surface area contributed by atoms with Gasteiger partial charge in [0, 0.05) is 31.6 Å². The van der Waals surface area contributed by atoms with Crippen LogP contribution in [0.2, 0.25) is 0 Å². The number of carbonyl (C=O) groups excluding carboxylic acids is 2. The van der Waals surface area contributed by atoms with Crippen LogP contribution in [0.4, 0.5) is 11.5 Å². The molecule has 0 aliphatic carbocycles. The molecule has 0 saturated carbocycles. The fraction of sp³-hybridized carbons (Fsp3) is 0.389. The smallest absolute Gasteiger partial charge is 0.226 e. The van der Waals surface area contributed by atoms with Crippen LogP contribution in [0.3, 0.4) is 0 Å². The van der Waals surface area contributed by atoms with Crippen LogP contribution in [0.5, 0.6) is 5.75 Å². The van der Waals surface area contributed by atoms with E-state index in [0.717, 1.165) is 5.75 Å². The van der Waals surface area contributed by atoms with Crippen LogP contribution >= 0.6 is 0 Å². The number of amides is 2. The third kappa shape index (κ3) is 5.63. The molecule has 0 spiro atoms. The monoisotopic (exact) mass is 345 g/mol. The Bertz CT molecular complexity index is 722. The normalized spacial score (nSPS) is 10.6. The summed E-state index contributed by atoms with van der Waals surface area (Å²) < 4.78 is 10.5. The van der Waals surface area contributed by atoms with Crippen molar-refractivity contribution in [3.8, 4) is 5.75 Å². The topological polar surface area (TPSA) is 84.7 Å². The lowest BCUT2D eigenvalue weighted by molar-refractivity contribution is -0.117. The Hall–Kier alpha value is -2.83. The van der Waals surface area contributed by atoms with Crippen molar-refractivity contribution < 1.29 is 18.8 Å². The summed E-state index contributed by atoms with van der Waals surface area (Å²) in [6.07, 6.45) is 0.244. The van der Waals surface area contributed by atoms with Gasteiger partial charge in [-0.2, -0.15) is 0 Å². The van der Waals surface area contributed by atoms with Crippen molar-refractivity contribution in [2.24, 2.45) is 0 Å². The van der Waals surface area contributed by atoms with E-state index in [2.05, 4.69) is 10.5 Å². The molecule has 25 heavy (non-hydrogen) atoms. The Kier molecular flexibility index (Phi) is 6.16. The molecule has 0 fully saturated rings. The van der Waals surface area contributed by atoms with Gasteiger partial charge in [0.15, 0.2) is 5.82 Å². The van der Waals surface area contributed by atoms with Crippen LogP contribution in [0.1, 0.15) is 33.0 Å². The van der Waals surface area contributed by atoms with Crippen molar-refractivity contribution in [1.82, 2.24) is 5.16 Å². The van der Waals surface area contributed by atoms with Crippen LogP contribution in [-0.2, 0) is 9.59 Å². The first-order valence-electron chi connectivity index (χ1n) is 8.13. The number of carbonyl (C=O) groups is 2. The second kappa shape index (κ2) is 8.32. The number of ether oxygens (including phenoxy) is 1. The quantitative estimate of drug-likeness (QED) is 0.833. The van der Waals surface area contributed by atoms with Crippen LogP contribution < -0.4 is 15.0 Å². The molecular formula is C18H23N3O4. The Morgan fingerprint density at radius 1 is 1.28 bits per heavy atom. The van der Waals surface area contributed by atoms with E-state index in [1.165, 1.54) is 11.8 Å². The third-order valence-electron chi connectivity index (χ3n) is 3.34. The molecule has 0 unspecified atom stereocenters. The van der Waals surface area contributed by atoms with Gasteiger partial charge in [-0.25, -0.2) is 0 Å². The summed E-state index contributed by atoms with van der Waals surface area (Å²) >= 11 is 0. The Morgan fingerprint density at radius 2 is 1.96 bits per heavy atom. The average molecular weight is 345 g/mol. The second-order valence-electron chi connectivity index (χ2n) is 5.96. The number of rotatable bonds is 7. The molecule has 0 aliphatic rings. The van der Waals surface area contributed by atoms with E-state index in [4.69, 9.17) is 9.26 Å². The highest BCUT2D eigenvalue weighted by Crippen LogP contribution is 2.18. The van der Waals surface area contributed by atoms with Gasteiger partial charge in [0.2, 0.25) is 11.8 Å². The van der Waals surface area contributed by atoms with Gasteiger partial charge in [-0.05, 0) is 45.0 Å². The Labute approximate surface area is 146 Å². The van der Waals surface area contributed by atoms with Crippen molar-refractivity contribution in [1.29, 1.82) is 0 Å². The van der Waals surface area contributed by atoms with Crippen molar-refractivity contribution >= 4 is 23.3 Å². The molecule has 1 aromatic carbocycles. The number of nitrogens with one attached hydrogen (secondary N) is 1. The second-order valence-corrected chi connectivity index (χ2v) is 5.96. The van der Waals surface area contributed by atoms with E-state index < -0.39 is 0 Å². The lowest BCUT2D eigenvalue weighted by Crippen LogP contribution is -2.32. The first-order chi connectivity index (χ1) is 11.8. The highest BCUT2D eigenvalue weighted by Gasteiger charge is 2.17. The van der Waals surface area contributed by atoms with Gasteiger partial charge in [0.05, 0.1) is 6.10 Å². The van der Waals surface area contributed by atoms with Gasteiger partial charge in [0.25, 0.3) is 0 Å². The molecule has 0 bridgehead atoms. The standard InChI is InChI=1S/C18H23N3O4/c1-12(2)24-16-7-5-15(6-8-16)19-18(23)9-10-21(14(4)22)17-11-13(3)25-20-17/h5-8,11-12H,9-10H2,1-4H3,(H,19,23). The summed E-state index contributed by atoms with van der Waals surface area (Å²) in [5.41, 5.74) is 0.674. The van der Waals surface area contributed by atoms with Crippen LogP contribution in [0, 0.1) is 6.92 Å². The molecule has 134 valence electrons. The fourth-order valence-corrected chi connectivity index (χ4v) is 2.24. The number of anilines is 2. The predicted molar refractivity (Wildman–Crippen MR) is 94.7 cm³/mol. The third-order valence-corrected chi connectivity index (χ3v) is 3.34. The summed E-state index contributed by atoms with van der Waals surface area (Å²) in [7, 11) is 0. The first kappa shape index (κ1) is 18.5. The zero-order valence-electron chi connectivity index (χ0n) is 14.9. The fourth-order valence-electron chi connectivity index (χ4n) is 2.24. The van der Waals surface area contributed by atoms with Gasteiger partial charge in [-0.3, -0.25) is 14.5 Å². The summed E-state index contributed by atoms with van der Waals surface area (Å²) in [6, 6.07) is 8.82. The van der Waals surface area contributed by atoms with E-state index in [0.29, 0.717) is 17.3 Å². The van der Waals surface area contributed by atoms with Crippen LogP contribution in [0.15, 0.2) is 34.9 Å². The summed E-state index contributed by atoms with van der Waals surface area (Å²) in [6.45, 7) is 7.30. The average Bonchev–Trinajstić information content (AvgIpc) is 2.95. The molecule has 0 radical (unpaired) electrons. The van der Waals surface area contributed by atoms with Crippen molar-refractivity contribution in [2.45, 2.75) is 40.2 Å². The van der Waals surface area contributed by atoms with E-state index in [-0.39, 0.29) is 30.9 Å². The van der Waals surface area contributed by atoms with Gasteiger partial charge in [0.1, 0.15) is 11.5 Å². The van der Waals surface area contributed by atoms with E-state index >= 15 is 0 Å². The zero-order chi connectivity index (χ0) is 18.4. The number of aryl methyl sites for hydroxylation is 1. The molecule has 0 saturated heterocycles. The molecule has 2 amide bonds.